The maximum atomic E-state index is 5.53. The number of hydrogen-bond donors (Lipinski definition) is 0. The fraction of sp³-hybridized carbons (Fsp3) is 0.778. The van der Waals surface area contributed by atoms with Crippen molar-refractivity contribution in [3.63, 3.8) is 0 Å². The summed E-state index contributed by atoms with van der Waals surface area (Å²) in [5, 5.41) is 0. The van der Waals surface area contributed by atoms with Gasteiger partial charge in [0.15, 0.2) is 0 Å². The Balaban J connectivity index is 2.07. The first kappa shape index (κ1) is 7.80. The summed E-state index contributed by atoms with van der Waals surface area (Å²) < 4.78 is 5.53. The van der Waals surface area contributed by atoms with Gasteiger partial charge in [0.25, 0.3) is 0 Å². The largest absolute Gasteiger partial charge is 0.378 e. The molecule has 1 heteroatoms. The van der Waals surface area contributed by atoms with Crippen LogP contribution in [0.4, 0.5) is 0 Å². The molecule has 0 aromatic heterocycles. The highest BCUT2D eigenvalue weighted by Crippen LogP contribution is 2.16. The van der Waals surface area contributed by atoms with Gasteiger partial charge in [-0.15, -0.1) is 6.58 Å². The molecule has 10 heavy (non-hydrogen) atoms. The van der Waals surface area contributed by atoms with Crippen LogP contribution in [0.3, 0.4) is 0 Å². The molecule has 0 bridgehead atoms. The van der Waals surface area contributed by atoms with E-state index in [1.807, 2.05) is 6.08 Å². The third-order valence-corrected chi connectivity index (χ3v) is 1.97. The molecule has 1 saturated heterocycles. The highest BCUT2D eigenvalue weighted by Gasteiger charge is 2.11. The predicted octanol–water partition coefficient (Wildman–Crippen LogP) is 2.52. The molecule has 1 aliphatic heterocycles. The minimum atomic E-state index is 0.534. The molecule has 1 aliphatic rings. The first-order chi connectivity index (χ1) is 4.93. The lowest BCUT2D eigenvalue weighted by atomic mass is 10.1. The molecule has 0 saturated carbocycles. The molecule has 0 N–H and O–H groups in total. The van der Waals surface area contributed by atoms with E-state index in [-0.39, 0.29) is 0 Å². The minimum Gasteiger partial charge on any atom is -0.378 e. The Kier molecular flexibility index (Phi) is 3.52. The van der Waals surface area contributed by atoms with Crippen LogP contribution in [0.5, 0.6) is 0 Å². The first-order valence-corrected chi connectivity index (χ1v) is 4.16. The average molecular weight is 140 g/mol. The lowest BCUT2D eigenvalue weighted by molar-refractivity contribution is 0.0119. The maximum absolute atomic E-state index is 5.53. The fourth-order valence-electron chi connectivity index (χ4n) is 1.34. The van der Waals surface area contributed by atoms with Crippen molar-refractivity contribution in [3.05, 3.63) is 12.7 Å². The van der Waals surface area contributed by atoms with Crippen molar-refractivity contribution in [3.8, 4) is 0 Å². The van der Waals surface area contributed by atoms with Crippen molar-refractivity contribution in [2.24, 2.45) is 0 Å². The fourth-order valence-corrected chi connectivity index (χ4v) is 1.34. The highest BCUT2D eigenvalue weighted by atomic mass is 16.5. The van der Waals surface area contributed by atoms with Crippen molar-refractivity contribution in [2.75, 3.05) is 6.61 Å². The molecule has 1 atom stereocenters. The van der Waals surface area contributed by atoms with Crippen molar-refractivity contribution >= 4 is 0 Å². The molecular formula is C9H16O. The van der Waals surface area contributed by atoms with Gasteiger partial charge in [-0.1, -0.05) is 6.08 Å². The van der Waals surface area contributed by atoms with E-state index in [2.05, 4.69) is 6.58 Å². The average Bonchev–Trinajstić information content (AvgIpc) is 2.03. The molecule has 0 amide bonds. The molecule has 1 unspecified atom stereocenters. The van der Waals surface area contributed by atoms with Crippen LogP contribution in [-0.4, -0.2) is 12.7 Å². The molecular weight excluding hydrogens is 124 g/mol. The minimum absolute atomic E-state index is 0.534. The van der Waals surface area contributed by atoms with E-state index in [4.69, 9.17) is 4.74 Å². The normalized spacial score (nSPS) is 26.2. The SMILES string of the molecule is C=CCCC1CCCCO1. The second kappa shape index (κ2) is 4.51. The van der Waals surface area contributed by atoms with Crippen LogP contribution in [-0.2, 0) is 4.74 Å². The van der Waals surface area contributed by atoms with Gasteiger partial charge < -0.3 is 4.74 Å². The summed E-state index contributed by atoms with van der Waals surface area (Å²) in [5.74, 6) is 0. The lowest BCUT2D eigenvalue weighted by Crippen LogP contribution is -2.18. The molecule has 1 fully saturated rings. The van der Waals surface area contributed by atoms with Gasteiger partial charge >= 0.3 is 0 Å². The zero-order valence-corrected chi connectivity index (χ0v) is 6.51. The summed E-state index contributed by atoms with van der Waals surface area (Å²) in [5.41, 5.74) is 0. The van der Waals surface area contributed by atoms with E-state index in [1.165, 1.54) is 25.7 Å². The van der Waals surface area contributed by atoms with E-state index in [9.17, 15) is 0 Å². The van der Waals surface area contributed by atoms with Crippen LogP contribution in [0.25, 0.3) is 0 Å². The van der Waals surface area contributed by atoms with Crippen LogP contribution in [0, 0.1) is 0 Å². The Labute approximate surface area is 63.1 Å². The zero-order chi connectivity index (χ0) is 7.23. The summed E-state index contributed by atoms with van der Waals surface area (Å²) in [4.78, 5) is 0. The van der Waals surface area contributed by atoms with Crippen molar-refractivity contribution < 1.29 is 4.74 Å². The molecule has 0 radical (unpaired) electrons. The molecule has 58 valence electrons. The Bertz CT molecular complexity index is 92.9. The van der Waals surface area contributed by atoms with Crippen LogP contribution >= 0.6 is 0 Å². The summed E-state index contributed by atoms with van der Waals surface area (Å²) in [6.07, 6.45) is 8.64. The van der Waals surface area contributed by atoms with E-state index in [0.717, 1.165) is 13.0 Å². The topological polar surface area (TPSA) is 9.23 Å². The Morgan fingerprint density at radius 2 is 2.40 bits per heavy atom. The lowest BCUT2D eigenvalue weighted by Gasteiger charge is -2.21. The Morgan fingerprint density at radius 1 is 1.50 bits per heavy atom. The molecule has 1 rings (SSSR count). The standard InChI is InChI=1S/C9H16O/c1-2-3-6-9-7-4-5-8-10-9/h2,9H,1,3-8H2. The summed E-state index contributed by atoms with van der Waals surface area (Å²) in [7, 11) is 0. The molecule has 1 nitrogen and oxygen atoms in total. The third-order valence-electron chi connectivity index (χ3n) is 1.97. The Morgan fingerprint density at radius 3 is 3.00 bits per heavy atom. The van der Waals surface area contributed by atoms with Crippen LogP contribution in [0.15, 0.2) is 12.7 Å². The van der Waals surface area contributed by atoms with Gasteiger partial charge in [0.05, 0.1) is 6.10 Å². The van der Waals surface area contributed by atoms with Gasteiger partial charge in [-0.3, -0.25) is 0 Å². The van der Waals surface area contributed by atoms with Gasteiger partial charge in [0, 0.05) is 6.61 Å². The number of rotatable bonds is 3. The van der Waals surface area contributed by atoms with Crippen LogP contribution < -0.4 is 0 Å². The quantitative estimate of drug-likeness (QED) is 0.547. The molecule has 1 heterocycles. The smallest absolute Gasteiger partial charge is 0.0578 e. The maximum Gasteiger partial charge on any atom is 0.0578 e. The summed E-state index contributed by atoms with van der Waals surface area (Å²) in [6, 6.07) is 0. The van der Waals surface area contributed by atoms with Gasteiger partial charge in [-0.05, 0) is 32.1 Å². The number of ether oxygens (including phenoxy) is 1. The summed E-state index contributed by atoms with van der Waals surface area (Å²) >= 11 is 0. The van der Waals surface area contributed by atoms with Crippen molar-refractivity contribution in [2.45, 2.75) is 38.2 Å². The first-order valence-electron chi connectivity index (χ1n) is 4.16. The molecule has 0 aromatic rings. The van der Waals surface area contributed by atoms with E-state index in [1.54, 1.807) is 0 Å². The monoisotopic (exact) mass is 140 g/mol. The number of allylic oxidation sites excluding steroid dienone is 1. The summed E-state index contributed by atoms with van der Waals surface area (Å²) in [6.45, 7) is 4.66. The van der Waals surface area contributed by atoms with Crippen LogP contribution in [0.2, 0.25) is 0 Å². The van der Waals surface area contributed by atoms with Gasteiger partial charge in [-0.25, -0.2) is 0 Å². The van der Waals surface area contributed by atoms with E-state index in [0.29, 0.717) is 6.10 Å². The highest BCUT2D eigenvalue weighted by molar-refractivity contribution is 4.71. The van der Waals surface area contributed by atoms with Gasteiger partial charge in [-0.2, -0.15) is 0 Å². The zero-order valence-electron chi connectivity index (χ0n) is 6.51. The van der Waals surface area contributed by atoms with E-state index < -0.39 is 0 Å². The van der Waals surface area contributed by atoms with Crippen molar-refractivity contribution in [1.82, 2.24) is 0 Å². The predicted molar refractivity (Wildman–Crippen MR) is 43.0 cm³/mol. The number of hydrogen-bond acceptors (Lipinski definition) is 1. The van der Waals surface area contributed by atoms with Gasteiger partial charge in [0.2, 0.25) is 0 Å². The second-order valence-corrected chi connectivity index (χ2v) is 2.85. The molecule has 0 spiro atoms. The molecule has 0 aromatic carbocycles. The second-order valence-electron chi connectivity index (χ2n) is 2.85. The third kappa shape index (κ3) is 2.53. The molecule has 0 aliphatic carbocycles. The Hall–Kier alpha value is -0.300. The van der Waals surface area contributed by atoms with E-state index >= 15 is 0 Å². The van der Waals surface area contributed by atoms with Gasteiger partial charge in [0.1, 0.15) is 0 Å². The van der Waals surface area contributed by atoms with Crippen LogP contribution in [0.1, 0.15) is 32.1 Å². The van der Waals surface area contributed by atoms with Crippen molar-refractivity contribution in [1.29, 1.82) is 0 Å².